The SMILES string of the molecule is CCC(NC)C(=O)c1ccc(OC)c(C)c1C. The predicted octanol–water partition coefficient (Wildman–Crippen LogP) is 2.49. The van der Waals surface area contributed by atoms with Gasteiger partial charge in [0, 0.05) is 5.56 Å². The molecule has 3 heteroatoms. The monoisotopic (exact) mass is 235 g/mol. The van der Waals surface area contributed by atoms with Crippen LogP contribution in [0.15, 0.2) is 12.1 Å². The maximum atomic E-state index is 12.3. The summed E-state index contributed by atoms with van der Waals surface area (Å²) in [6.45, 7) is 5.95. The average molecular weight is 235 g/mol. The number of hydrogen-bond donors (Lipinski definition) is 1. The van der Waals surface area contributed by atoms with Gasteiger partial charge in [-0.1, -0.05) is 6.92 Å². The van der Waals surface area contributed by atoms with Crippen LogP contribution in [0, 0.1) is 13.8 Å². The fourth-order valence-corrected chi connectivity index (χ4v) is 1.99. The molecule has 1 atom stereocenters. The van der Waals surface area contributed by atoms with Crippen molar-refractivity contribution in [2.24, 2.45) is 0 Å². The van der Waals surface area contributed by atoms with E-state index in [4.69, 9.17) is 4.74 Å². The molecule has 0 fully saturated rings. The van der Waals surface area contributed by atoms with E-state index in [0.717, 1.165) is 28.9 Å². The Hall–Kier alpha value is -1.35. The van der Waals surface area contributed by atoms with E-state index in [1.165, 1.54) is 0 Å². The average Bonchev–Trinajstić information content (AvgIpc) is 2.34. The van der Waals surface area contributed by atoms with Crippen molar-refractivity contribution in [3.8, 4) is 5.75 Å². The largest absolute Gasteiger partial charge is 0.496 e. The van der Waals surface area contributed by atoms with Crippen LogP contribution in [0.2, 0.25) is 0 Å². The van der Waals surface area contributed by atoms with Crippen molar-refractivity contribution >= 4 is 5.78 Å². The Bertz CT molecular complexity index is 409. The lowest BCUT2D eigenvalue weighted by molar-refractivity contribution is 0.0944. The molecule has 0 aliphatic carbocycles. The van der Waals surface area contributed by atoms with Crippen molar-refractivity contribution in [2.45, 2.75) is 33.2 Å². The number of Topliss-reactive ketones (excluding diaryl/α,β-unsaturated/α-hetero) is 1. The van der Waals surface area contributed by atoms with E-state index < -0.39 is 0 Å². The number of hydrogen-bond acceptors (Lipinski definition) is 3. The lowest BCUT2D eigenvalue weighted by Gasteiger charge is -2.16. The number of likely N-dealkylation sites (N-methyl/N-ethyl adjacent to an activating group) is 1. The highest BCUT2D eigenvalue weighted by Crippen LogP contribution is 2.24. The molecule has 0 heterocycles. The zero-order valence-electron chi connectivity index (χ0n) is 11.3. The summed E-state index contributed by atoms with van der Waals surface area (Å²) < 4.78 is 5.25. The number of benzene rings is 1. The van der Waals surface area contributed by atoms with Crippen LogP contribution in [0.4, 0.5) is 0 Å². The normalized spacial score (nSPS) is 12.3. The first-order valence-corrected chi connectivity index (χ1v) is 5.92. The van der Waals surface area contributed by atoms with Crippen molar-refractivity contribution in [3.63, 3.8) is 0 Å². The van der Waals surface area contributed by atoms with Crippen molar-refractivity contribution < 1.29 is 9.53 Å². The third-order valence-corrected chi connectivity index (χ3v) is 3.30. The Morgan fingerprint density at radius 1 is 1.35 bits per heavy atom. The van der Waals surface area contributed by atoms with Gasteiger partial charge < -0.3 is 10.1 Å². The molecule has 0 radical (unpaired) electrons. The number of ketones is 1. The van der Waals surface area contributed by atoms with E-state index in [-0.39, 0.29) is 11.8 Å². The van der Waals surface area contributed by atoms with E-state index in [9.17, 15) is 4.79 Å². The first-order valence-electron chi connectivity index (χ1n) is 5.92. The van der Waals surface area contributed by atoms with Crippen LogP contribution in [0.1, 0.15) is 34.8 Å². The summed E-state index contributed by atoms with van der Waals surface area (Å²) in [7, 11) is 3.46. The summed E-state index contributed by atoms with van der Waals surface area (Å²) in [6.07, 6.45) is 0.792. The van der Waals surface area contributed by atoms with Crippen LogP contribution in [0.25, 0.3) is 0 Å². The molecule has 0 aliphatic heterocycles. The van der Waals surface area contributed by atoms with E-state index in [0.29, 0.717) is 0 Å². The van der Waals surface area contributed by atoms with Gasteiger partial charge in [0.05, 0.1) is 13.2 Å². The molecule has 3 nitrogen and oxygen atoms in total. The van der Waals surface area contributed by atoms with Crippen molar-refractivity contribution in [1.82, 2.24) is 5.32 Å². The molecule has 94 valence electrons. The topological polar surface area (TPSA) is 38.3 Å². The fraction of sp³-hybridized carbons (Fsp3) is 0.500. The number of methoxy groups -OCH3 is 1. The molecule has 0 amide bonds. The highest BCUT2D eigenvalue weighted by atomic mass is 16.5. The number of carbonyl (C=O) groups is 1. The molecular formula is C14H21NO2. The quantitative estimate of drug-likeness (QED) is 0.797. The number of rotatable bonds is 5. The number of ether oxygens (including phenoxy) is 1. The van der Waals surface area contributed by atoms with E-state index in [1.807, 2.05) is 40.0 Å². The first-order chi connectivity index (χ1) is 8.06. The Balaban J connectivity index is 3.15. The molecule has 17 heavy (non-hydrogen) atoms. The standard InChI is InChI=1S/C14H21NO2/c1-6-12(15-4)14(16)11-7-8-13(17-5)10(3)9(11)2/h7-8,12,15H,6H2,1-5H3. The molecule has 0 saturated heterocycles. The van der Waals surface area contributed by atoms with E-state index >= 15 is 0 Å². The third kappa shape index (κ3) is 2.67. The minimum absolute atomic E-state index is 0.110. The molecule has 1 N–H and O–H groups in total. The van der Waals surface area contributed by atoms with Gasteiger partial charge in [0.25, 0.3) is 0 Å². The Labute approximate surface area is 103 Å². The van der Waals surface area contributed by atoms with Gasteiger partial charge in [0.2, 0.25) is 0 Å². The zero-order chi connectivity index (χ0) is 13.0. The zero-order valence-corrected chi connectivity index (χ0v) is 11.3. The van der Waals surface area contributed by atoms with Crippen LogP contribution in [0.5, 0.6) is 5.75 Å². The Kier molecular flexibility index (Phi) is 4.70. The minimum atomic E-state index is -0.110. The van der Waals surface area contributed by atoms with Gasteiger partial charge in [0.1, 0.15) is 5.75 Å². The van der Waals surface area contributed by atoms with Crippen molar-refractivity contribution in [3.05, 3.63) is 28.8 Å². The highest BCUT2D eigenvalue weighted by molar-refractivity contribution is 6.01. The van der Waals surface area contributed by atoms with Gasteiger partial charge in [-0.2, -0.15) is 0 Å². The highest BCUT2D eigenvalue weighted by Gasteiger charge is 2.19. The van der Waals surface area contributed by atoms with Gasteiger partial charge in [-0.3, -0.25) is 4.79 Å². The van der Waals surface area contributed by atoms with Crippen LogP contribution in [0.3, 0.4) is 0 Å². The Morgan fingerprint density at radius 3 is 2.47 bits per heavy atom. The van der Waals surface area contributed by atoms with Gasteiger partial charge in [0.15, 0.2) is 5.78 Å². The predicted molar refractivity (Wildman–Crippen MR) is 69.9 cm³/mol. The molecular weight excluding hydrogens is 214 g/mol. The van der Waals surface area contributed by atoms with Crippen LogP contribution in [-0.2, 0) is 0 Å². The number of carbonyl (C=O) groups excluding carboxylic acids is 1. The molecule has 0 spiro atoms. The second-order valence-corrected chi connectivity index (χ2v) is 4.18. The van der Waals surface area contributed by atoms with Crippen molar-refractivity contribution in [1.29, 1.82) is 0 Å². The smallest absolute Gasteiger partial charge is 0.179 e. The fourth-order valence-electron chi connectivity index (χ4n) is 1.99. The minimum Gasteiger partial charge on any atom is -0.496 e. The van der Waals surface area contributed by atoms with Gasteiger partial charge >= 0.3 is 0 Å². The lowest BCUT2D eigenvalue weighted by atomic mass is 9.95. The van der Waals surface area contributed by atoms with Crippen molar-refractivity contribution in [2.75, 3.05) is 14.2 Å². The maximum absolute atomic E-state index is 12.3. The van der Waals surface area contributed by atoms with Gasteiger partial charge in [-0.05, 0) is 50.6 Å². The summed E-state index contributed by atoms with van der Waals surface area (Å²) in [6, 6.07) is 3.60. The first kappa shape index (κ1) is 13.7. The molecule has 0 saturated carbocycles. The molecule has 0 aromatic heterocycles. The molecule has 1 aromatic carbocycles. The molecule has 1 unspecified atom stereocenters. The second-order valence-electron chi connectivity index (χ2n) is 4.18. The number of nitrogens with one attached hydrogen (secondary N) is 1. The van der Waals surface area contributed by atoms with Crippen LogP contribution >= 0.6 is 0 Å². The summed E-state index contributed by atoms with van der Waals surface area (Å²) in [5.41, 5.74) is 2.82. The maximum Gasteiger partial charge on any atom is 0.179 e. The second kappa shape index (κ2) is 5.82. The lowest BCUT2D eigenvalue weighted by Crippen LogP contribution is -2.33. The molecule has 0 bridgehead atoms. The van der Waals surface area contributed by atoms with Crippen LogP contribution in [-0.4, -0.2) is 26.0 Å². The summed E-state index contributed by atoms with van der Waals surface area (Å²) in [5, 5.41) is 3.04. The third-order valence-electron chi connectivity index (χ3n) is 3.30. The molecule has 1 aromatic rings. The van der Waals surface area contributed by atoms with E-state index in [1.54, 1.807) is 7.11 Å². The molecule has 1 rings (SSSR count). The summed E-state index contributed by atoms with van der Waals surface area (Å²) in [4.78, 5) is 12.3. The Morgan fingerprint density at radius 2 is 2.00 bits per heavy atom. The molecule has 0 aliphatic rings. The van der Waals surface area contributed by atoms with Crippen LogP contribution < -0.4 is 10.1 Å². The van der Waals surface area contributed by atoms with Gasteiger partial charge in [-0.15, -0.1) is 0 Å². The summed E-state index contributed by atoms with van der Waals surface area (Å²) in [5.74, 6) is 0.981. The summed E-state index contributed by atoms with van der Waals surface area (Å²) >= 11 is 0. The van der Waals surface area contributed by atoms with Gasteiger partial charge in [-0.25, -0.2) is 0 Å². The van der Waals surface area contributed by atoms with E-state index in [2.05, 4.69) is 5.32 Å².